The molecule has 0 saturated carbocycles. The van der Waals surface area contributed by atoms with Gasteiger partial charge in [-0.1, -0.05) is 12.1 Å². The number of ether oxygens (including phenoxy) is 2. The van der Waals surface area contributed by atoms with E-state index >= 15 is 0 Å². The number of nitrogens with zero attached hydrogens (tertiary/aromatic N) is 3. The molecule has 2 N–H and O–H groups in total. The van der Waals surface area contributed by atoms with Crippen molar-refractivity contribution in [3.8, 4) is 0 Å². The third-order valence-corrected chi connectivity index (χ3v) is 6.44. The lowest BCUT2D eigenvalue weighted by Crippen LogP contribution is -2.58. The first kappa shape index (κ1) is 34.3. The van der Waals surface area contributed by atoms with Crippen LogP contribution in [0.3, 0.4) is 0 Å². The van der Waals surface area contributed by atoms with Gasteiger partial charge in [0, 0.05) is 44.6 Å². The zero-order valence-corrected chi connectivity index (χ0v) is 22.5. The highest BCUT2D eigenvalue weighted by Crippen LogP contribution is 2.25. The Morgan fingerprint density at radius 1 is 0.951 bits per heavy atom. The molecule has 1 unspecified atom stereocenters. The Hall–Kier alpha value is -2.86. The minimum Gasteiger partial charge on any atom is -0.475 e. The van der Waals surface area contributed by atoms with E-state index in [0.29, 0.717) is 19.8 Å². The van der Waals surface area contributed by atoms with E-state index in [1.165, 1.54) is 12.1 Å². The zero-order chi connectivity index (χ0) is 30.8. The number of carboxylic acids is 2. The van der Waals surface area contributed by atoms with E-state index in [4.69, 9.17) is 29.3 Å². The number of halogens is 7. The molecule has 2 aromatic rings. The molecule has 230 valence electrons. The molecule has 0 radical (unpaired) electrons. The van der Waals surface area contributed by atoms with Gasteiger partial charge in [-0.2, -0.15) is 26.3 Å². The summed E-state index contributed by atoms with van der Waals surface area (Å²) in [5.74, 6) is -5.71. The standard InChI is InChI=1S/C20H26FN3O2S.2C2HF3O2/c1-16-22-19(12-27-16)11-24-6-8-25-15-20(14-24)13-23(7-9-26-20)10-17-2-4-18(21)5-3-17;2*3-2(4,5)1(6)7/h2-5,12H,6-11,13-15H2,1H3;2*(H,6,7). The highest BCUT2D eigenvalue weighted by molar-refractivity contribution is 7.09. The summed E-state index contributed by atoms with van der Waals surface area (Å²) in [6, 6.07) is 6.77. The van der Waals surface area contributed by atoms with E-state index in [0.717, 1.165) is 55.5 Å². The Labute approximate surface area is 234 Å². The van der Waals surface area contributed by atoms with Crippen LogP contribution >= 0.6 is 11.3 Å². The zero-order valence-electron chi connectivity index (χ0n) is 21.7. The maximum absolute atomic E-state index is 13.2. The lowest BCUT2D eigenvalue weighted by atomic mass is 10.0. The van der Waals surface area contributed by atoms with Crippen molar-refractivity contribution < 1.29 is 60.0 Å². The number of aryl methyl sites for hydroxylation is 1. The molecule has 1 atom stereocenters. The predicted octanol–water partition coefficient (Wildman–Crippen LogP) is 3.96. The monoisotopic (exact) mass is 619 g/mol. The third-order valence-electron chi connectivity index (χ3n) is 5.61. The number of hydrogen-bond acceptors (Lipinski definition) is 8. The van der Waals surface area contributed by atoms with Gasteiger partial charge < -0.3 is 19.7 Å². The smallest absolute Gasteiger partial charge is 0.475 e. The van der Waals surface area contributed by atoms with Crippen molar-refractivity contribution in [3.05, 3.63) is 51.7 Å². The average Bonchev–Trinajstić information content (AvgIpc) is 3.17. The van der Waals surface area contributed by atoms with Gasteiger partial charge in [0.05, 0.1) is 30.5 Å². The van der Waals surface area contributed by atoms with Gasteiger partial charge >= 0.3 is 24.3 Å². The van der Waals surface area contributed by atoms with Gasteiger partial charge in [0.2, 0.25) is 0 Å². The highest BCUT2D eigenvalue weighted by Gasteiger charge is 2.41. The summed E-state index contributed by atoms with van der Waals surface area (Å²) in [4.78, 5) is 27.2. The van der Waals surface area contributed by atoms with Crippen LogP contribution in [0.15, 0.2) is 29.6 Å². The van der Waals surface area contributed by atoms with Crippen LogP contribution in [0.25, 0.3) is 0 Å². The molecule has 41 heavy (non-hydrogen) atoms. The first-order chi connectivity index (χ1) is 19.0. The SMILES string of the molecule is Cc1nc(CN2CCOCC3(CN(Cc4ccc(F)cc4)CCO3)C2)cs1.O=C(O)C(F)(F)F.O=C(O)C(F)(F)F. The molecule has 3 heterocycles. The molecule has 0 bridgehead atoms. The maximum atomic E-state index is 13.2. The molecule has 9 nitrogen and oxygen atoms in total. The van der Waals surface area contributed by atoms with Crippen molar-refractivity contribution in [1.29, 1.82) is 0 Å². The summed E-state index contributed by atoms with van der Waals surface area (Å²) in [5.41, 5.74) is 1.92. The summed E-state index contributed by atoms with van der Waals surface area (Å²) >= 11 is 1.69. The maximum Gasteiger partial charge on any atom is 0.490 e. The number of benzene rings is 1. The number of aliphatic carboxylic acids is 2. The van der Waals surface area contributed by atoms with Crippen molar-refractivity contribution in [2.75, 3.05) is 46.0 Å². The molecule has 2 saturated heterocycles. The quantitative estimate of drug-likeness (QED) is 0.492. The lowest BCUT2D eigenvalue weighted by Gasteiger charge is -2.43. The van der Waals surface area contributed by atoms with Crippen molar-refractivity contribution >= 4 is 23.3 Å². The number of thiazole rings is 1. The first-order valence-corrected chi connectivity index (χ1v) is 12.8. The first-order valence-electron chi connectivity index (χ1n) is 11.9. The minimum absolute atomic E-state index is 0.192. The topological polar surface area (TPSA) is 112 Å². The summed E-state index contributed by atoms with van der Waals surface area (Å²) < 4.78 is 88.8. The van der Waals surface area contributed by atoms with Gasteiger partial charge in [0.15, 0.2) is 0 Å². The Balaban J connectivity index is 0.000000349. The normalized spacial score (nSPS) is 20.3. The summed E-state index contributed by atoms with van der Waals surface area (Å²) in [5, 5.41) is 17.5. The molecular weight excluding hydrogens is 591 g/mol. The molecule has 0 amide bonds. The molecule has 17 heteroatoms. The van der Waals surface area contributed by atoms with Gasteiger partial charge in [-0.25, -0.2) is 19.0 Å². The van der Waals surface area contributed by atoms with Gasteiger partial charge in [0.25, 0.3) is 0 Å². The molecule has 2 aliphatic rings. The van der Waals surface area contributed by atoms with Gasteiger partial charge in [-0.05, 0) is 24.6 Å². The van der Waals surface area contributed by atoms with Gasteiger partial charge in [-0.15, -0.1) is 11.3 Å². The molecule has 2 fully saturated rings. The largest absolute Gasteiger partial charge is 0.490 e. The fraction of sp³-hybridized carbons (Fsp3) is 0.542. The molecule has 0 aliphatic carbocycles. The van der Waals surface area contributed by atoms with Crippen LogP contribution in [0, 0.1) is 12.7 Å². The Morgan fingerprint density at radius 3 is 1.95 bits per heavy atom. The van der Waals surface area contributed by atoms with E-state index < -0.39 is 24.3 Å². The minimum atomic E-state index is -5.08. The molecule has 1 spiro atoms. The van der Waals surface area contributed by atoms with Gasteiger partial charge in [0.1, 0.15) is 11.4 Å². The van der Waals surface area contributed by atoms with Crippen LogP contribution in [0.1, 0.15) is 16.3 Å². The fourth-order valence-electron chi connectivity index (χ4n) is 3.92. The lowest BCUT2D eigenvalue weighted by molar-refractivity contribution is -0.193. The number of alkyl halides is 6. The number of carbonyl (C=O) groups is 2. The van der Waals surface area contributed by atoms with Crippen molar-refractivity contribution in [2.45, 2.75) is 38.0 Å². The predicted molar refractivity (Wildman–Crippen MR) is 131 cm³/mol. The van der Waals surface area contributed by atoms with Crippen LogP contribution in [-0.2, 0) is 32.2 Å². The Bertz CT molecular complexity index is 1110. The van der Waals surface area contributed by atoms with E-state index in [-0.39, 0.29) is 11.4 Å². The Kier molecular flexibility index (Phi) is 12.4. The van der Waals surface area contributed by atoms with Crippen molar-refractivity contribution in [3.63, 3.8) is 0 Å². The molecule has 4 rings (SSSR count). The van der Waals surface area contributed by atoms with E-state index in [9.17, 15) is 30.7 Å². The number of carboxylic acid groups (broad SMARTS) is 2. The molecule has 1 aromatic carbocycles. The third kappa shape index (κ3) is 12.3. The molecular formula is C24H28F7N3O6S. The number of rotatable bonds is 4. The van der Waals surface area contributed by atoms with Crippen LogP contribution in [0.2, 0.25) is 0 Å². The van der Waals surface area contributed by atoms with Crippen LogP contribution in [0.4, 0.5) is 30.7 Å². The van der Waals surface area contributed by atoms with Crippen molar-refractivity contribution in [2.24, 2.45) is 0 Å². The van der Waals surface area contributed by atoms with E-state index in [1.54, 1.807) is 11.3 Å². The molecule has 2 aliphatic heterocycles. The highest BCUT2D eigenvalue weighted by atomic mass is 32.1. The van der Waals surface area contributed by atoms with Crippen molar-refractivity contribution in [1.82, 2.24) is 14.8 Å². The average molecular weight is 620 g/mol. The van der Waals surface area contributed by atoms with E-state index in [2.05, 4.69) is 20.2 Å². The fourth-order valence-corrected chi connectivity index (χ4v) is 4.52. The second kappa shape index (κ2) is 14.9. The van der Waals surface area contributed by atoms with Crippen LogP contribution in [-0.4, -0.2) is 101 Å². The number of hydrogen-bond donors (Lipinski definition) is 2. The second-order valence-electron chi connectivity index (χ2n) is 9.10. The summed E-state index contributed by atoms with van der Waals surface area (Å²) in [7, 11) is 0. The summed E-state index contributed by atoms with van der Waals surface area (Å²) in [6.07, 6.45) is -10.2. The van der Waals surface area contributed by atoms with Crippen LogP contribution < -0.4 is 0 Å². The summed E-state index contributed by atoms with van der Waals surface area (Å²) in [6.45, 7) is 9.11. The second-order valence-corrected chi connectivity index (χ2v) is 10.2. The number of aromatic nitrogens is 1. The van der Waals surface area contributed by atoms with Gasteiger partial charge in [-0.3, -0.25) is 9.80 Å². The Morgan fingerprint density at radius 2 is 1.46 bits per heavy atom. The van der Waals surface area contributed by atoms with E-state index in [1.807, 2.05) is 19.1 Å². The number of morpholine rings is 1. The molecule has 1 aromatic heterocycles. The van der Waals surface area contributed by atoms with Crippen LogP contribution in [0.5, 0.6) is 0 Å².